The Morgan fingerprint density at radius 1 is 1.62 bits per heavy atom. The third-order valence-electron chi connectivity index (χ3n) is 3.24. The van der Waals surface area contributed by atoms with Crippen molar-refractivity contribution >= 4 is 11.3 Å². The number of nitrogens with two attached hydrogens (primary N) is 1. The molecule has 3 heterocycles. The minimum Gasteiger partial charge on any atom is -0.394 e. The fraction of sp³-hybridized carbons (Fsp3) is 0.417. The van der Waals surface area contributed by atoms with Crippen LogP contribution in [0.2, 0.25) is 0 Å². The molecule has 4 atom stereocenters. The Kier molecular flexibility index (Phi) is 2.13. The van der Waals surface area contributed by atoms with Gasteiger partial charge in [-0.05, 0) is 12.1 Å². The Morgan fingerprint density at radius 3 is 3.00 bits per heavy atom. The van der Waals surface area contributed by atoms with E-state index in [1.54, 1.807) is 0 Å². The van der Waals surface area contributed by atoms with Gasteiger partial charge in [0, 0.05) is 0 Å². The van der Waals surface area contributed by atoms with E-state index >= 15 is 0 Å². The normalized spacial score (nSPS) is 42.9. The van der Waals surface area contributed by atoms with Gasteiger partial charge in [0.25, 0.3) is 0 Å². The lowest BCUT2D eigenvalue weighted by Crippen LogP contribution is -2.40. The average Bonchev–Trinajstić information content (AvgIpc) is 2.98. The first-order valence-electron chi connectivity index (χ1n) is 7.75. The van der Waals surface area contributed by atoms with Crippen LogP contribution in [-0.2, 0) is 10.3 Å². The minimum atomic E-state index is -3.39. The molecule has 0 radical (unpaired) electrons. The molecule has 1 aliphatic rings. The fourth-order valence-electron chi connectivity index (χ4n) is 2.22. The van der Waals surface area contributed by atoms with E-state index in [0.29, 0.717) is 0 Å². The van der Waals surface area contributed by atoms with Crippen LogP contribution in [0.15, 0.2) is 18.5 Å². The van der Waals surface area contributed by atoms with Gasteiger partial charge in [-0.15, -0.1) is 0 Å². The van der Waals surface area contributed by atoms with Gasteiger partial charge in [-0.2, -0.15) is 10.4 Å². The largest absolute Gasteiger partial charge is 0.394 e. The molecule has 2 aromatic rings. The van der Waals surface area contributed by atoms with Crippen LogP contribution in [0.1, 0.15) is 11.2 Å². The molecule has 3 rings (SSSR count). The minimum absolute atomic E-state index is 0.0102. The van der Waals surface area contributed by atoms with Crippen molar-refractivity contribution in [2.45, 2.75) is 23.9 Å². The summed E-state index contributed by atoms with van der Waals surface area (Å²) in [5.41, 5.74) is 2.82. The van der Waals surface area contributed by atoms with E-state index in [0.717, 1.165) is 10.8 Å². The van der Waals surface area contributed by atoms with Crippen molar-refractivity contribution in [1.82, 2.24) is 14.6 Å². The predicted octanol–water partition coefficient (Wildman–Crippen LogP) is -1.86. The van der Waals surface area contributed by atoms with Gasteiger partial charge in [-0.3, -0.25) is 0 Å². The van der Waals surface area contributed by atoms with Crippen LogP contribution in [0.3, 0.4) is 0 Å². The lowest BCUT2D eigenvalue weighted by molar-refractivity contribution is -0.0643. The molecule has 9 heteroatoms. The number of aliphatic hydroxyl groups is 3. The van der Waals surface area contributed by atoms with Crippen LogP contribution < -0.4 is 5.73 Å². The predicted molar refractivity (Wildman–Crippen MR) is 68.7 cm³/mol. The van der Waals surface area contributed by atoms with Gasteiger partial charge in [-0.1, -0.05) is 0 Å². The molecule has 2 aromatic heterocycles. The van der Waals surface area contributed by atoms with Crippen molar-refractivity contribution in [3.63, 3.8) is 0 Å². The molecule has 1 fully saturated rings. The van der Waals surface area contributed by atoms with E-state index in [1.165, 1.54) is 18.2 Å². The maximum Gasteiger partial charge on any atom is 0.225 e. The number of nitriles is 1. The zero-order valence-corrected chi connectivity index (χ0v) is 10.4. The van der Waals surface area contributed by atoms with Crippen molar-refractivity contribution in [3.05, 3.63) is 24.2 Å². The second-order valence-electron chi connectivity index (χ2n) is 4.31. The van der Waals surface area contributed by atoms with Crippen LogP contribution in [0.4, 0.5) is 5.82 Å². The molecular weight excluding hydrogens is 278 g/mol. The van der Waals surface area contributed by atoms with Crippen molar-refractivity contribution in [3.8, 4) is 6.07 Å². The summed E-state index contributed by atoms with van der Waals surface area (Å²) >= 11 is 0. The standard InChI is InChI=1S/C12H13N5O4/c13-4-12(10(20)9(19)7(3-18)21-12)8-2-1-6-11(14)15-5-16-17(6)8/h1-2,5,7,9-10,18-20H,3H2,(H2,14,15,16)/i3D2,9D,10D. The number of nitrogen functional groups attached to an aromatic ring is 1. The van der Waals surface area contributed by atoms with Gasteiger partial charge >= 0.3 is 0 Å². The van der Waals surface area contributed by atoms with Crippen molar-refractivity contribution in [1.29, 1.82) is 5.26 Å². The van der Waals surface area contributed by atoms with Gasteiger partial charge in [0.2, 0.25) is 5.60 Å². The second kappa shape index (κ2) is 4.64. The quantitative estimate of drug-likeness (QED) is 0.504. The summed E-state index contributed by atoms with van der Waals surface area (Å²) in [5, 5.41) is 43.7. The molecule has 21 heavy (non-hydrogen) atoms. The molecule has 1 saturated heterocycles. The first-order chi connectivity index (χ1) is 11.4. The molecular formula is C12H13N5O4. The molecule has 0 amide bonds. The molecule has 0 aliphatic carbocycles. The zero-order valence-electron chi connectivity index (χ0n) is 14.4. The summed E-state index contributed by atoms with van der Waals surface area (Å²) in [5.74, 6) is 0.0102. The van der Waals surface area contributed by atoms with E-state index in [2.05, 4.69) is 10.1 Å². The summed E-state index contributed by atoms with van der Waals surface area (Å²) in [6.45, 7) is -3.33. The Labute approximate surface area is 124 Å². The van der Waals surface area contributed by atoms with Gasteiger partial charge in [0.05, 0.1) is 17.7 Å². The topological polar surface area (TPSA) is 150 Å². The summed E-state index contributed by atoms with van der Waals surface area (Å²) in [6, 6.07) is 4.06. The summed E-state index contributed by atoms with van der Waals surface area (Å²) < 4.78 is 36.5. The lowest BCUT2D eigenvalue weighted by Gasteiger charge is -2.24. The van der Waals surface area contributed by atoms with E-state index in [4.69, 9.17) is 16.0 Å². The Hall–Kier alpha value is -2.25. The highest BCUT2D eigenvalue weighted by Crippen LogP contribution is 2.40. The Balaban J connectivity index is 2.31. The molecule has 1 aliphatic heterocycles. The number of hydrogen-bond acceptors (Lipinski definition) is 8. The van der Waals surface area contributed by atoms with Gasteiger partial charge in [-0.25, -0.2) is 9.50 Å². The molecule has 0 aromatic carbocycles. The highest BCUT2D eigenvalue weighted by atomic mass is 16.6. The number of nitrogens with zero attached hydrogens (tertiary/aromatic N) is 4. The lowest BCUT2D eigenvalue weighted by atomic mass is 9.92. The maximum atomic E-state index is 10.5. The van der Waals surface area contributed by atoms with Gasteiger partial charge in [0.15, 0.2) is 5.82 Å². The van der Waals surface area contributed by atoms with Crippen LogP contribution in [-0.4, -0.2) is 54.7 Å². The monoisotopic (exact) mass is 295 g/mol. The SMILES string of the molecule is [2H]C([2H])(O)C1OC(C#N)(c2ccc3c(N)ncnn23)C([2H])(O)C1([2H])O. The van der Waals surface area contributed by atoms with Crippen molar-refractivity contribution in [2.24, 2.45) is 0 Å². The smallest absolute Gasteiger partial charge is 0.225 e. The molecule has 0 bridgehead atoms. The molecule has 0 saturated carbocycles. The summed E-state index contributed by atoms with van der Waals surface area (Å²) in [4.78, 5) is 3.74. The molecule has 110 valence electrons. The third-order valence-corrected chi connectivity index (χ3v) is 3.24. The molecule has 4 unspecified atom stereocenters. The number of rotatable bonds is 2. The molecule has 0 spiro atoms. The van der Waals surface area contributed by atoms with Crippen LogP contribution >= 0.6 is 0 Å². The van der Waals surface area contributed by atoms with Crippen molar-refractivity contribution in [2.75, 3.05) is 12.3 Å². The van der Waals surface area contributed by atoms with Crippen LogP contribution in [0, 0.1) is 11.3 Å². The Bertz CT molecular complexity index is 890. The third kappa shape index (κ3) is 1.71. The first-order valence-corrected chi connectivity index (χ1v) is 5.75. The van der Waals surface area contributed by atoms with Crippen LogP contribution in [0.5, 0.6) is 0 Å². The average molecular weight is 295 g/mol. The summed E-state index contributed by atoms with van der Waals surface area (Å²) in [7, 11) is 0. The van der Waals surface area contributed by atoms with E-state index in [-0.39, 0.29) is 17.0 Å². The van der Waals surface area contributed by atoms with E-state index < -0.39 is 30.4 Å². The number of fused-ring (bicyclic) bond motifs is 1. The number of aromatic nitrogens is 3. The number of anilines is 1. The van der Waals surface area contributed by atoms with E-state index in [1.807, 2.05) is 0 Å². The maximum absolute atomic E-state index is 10.5. The molecule has 5 N–H and O–H groups in total. The summed E-state index contributed by atoms with van der Waals surface area (Å²) in [6.07, 6.45) is -8.16. The van der Waals surface area contributed by atoms with Crippen molar-refractivity contribution < 1.29 is 25.5 Å². The number of hydrogen-bond donors (Lipinski definition) is 4. The highest BCUT2D eigenvalue weighted by molar-refractivity contribution is 5.66. The second-order valence-corrected chi connectivity index (χ2v) is 4.31. The van der Waals surface area contributed by atoms with Crippen LogP contribution in [0.25, 0.3) is 5.52 Å². The zero-order chi connectivity index (χ0) is 18.8. The van der Waals surface area contributed by atoms with Gasteiger partial charge < -0.3 is 25.8 Å². The highest BCUT2D eigenvalue weighted by Gasteiger charge is 2.57. The fourth-order valence-corrected chi connectivity index (χ4v) is 2.22. The molecule has 9 nitrogen and oxygen atoms in total. The first kappa shape index (κ1) is 9.64. The Morgan fingerprint density at radius 2 is 2.38 bits per heavy atom. The van der Waals surface area contributed by atoms with Gasteiger partial charge in [0.1, 0.15) is 36.2 Å². The number of ether oxygens (including phenoxy) is 1. The van der Waals surface area contributed by atoms with E-state index in [9.17, 15) is 20.6 Å².